The van der Waals surface area contributed by atoms with E-state index in [9.17, 15) is 9.59 Å². The van der Waals surface area contributed by atoms with Crippen molar-refractivity contribution < 1.29 is 9.59 Å². The van der Waals surface area contributed by atoms with Crippen LogP contribution in [0.3, 0.4) is 0 Å². The predicted molar refractivity (Wildman–Crippen MR) is 128 cm³/mol. The second-order valence-electron chi connectivity index (χ2n) is 6.67. The van der Waals surface area contributed by atoms with E-state index >= 15 is 0 Å². The summed E-state index contributed by atoms with van der Waals surface area (Å²) in [5.74, 6) is 0.576. The van der Waals surface area contributed by atoms with E-state index in [4.69, 9.17) is 0 Å². The lowest BCUT2D eigenvalue weighted by Crippen LogP contribution is -2.11. The lowest BCUT2D eigenvalue weighted by Gasteiger charge is -2.04. The number of nitrogens with zero attached hydrogens (tertiary/aromatic N) is 1. The average molecular weight is 445 g/mol. The Morgan fingerprint density at radius 2 is 1.58 bits per heavy atom. The number of aromatic nitrogens is 1. The topological polar surface area (TPSA) is 59.1 Å². The van der Waals surface area contributed by atoms with Gasteiger partial charge >= 0.3 is 0 Å². The maximum absolute atomic E-state index is 13.2. The van der Waals surface area contributed by atoms with Gasteiger partial charge in [-0.15, -0.1) is 11.8 Å². The molecule has 0 radical (unpaired) electrons. The summed E-state index contributed by atoms with van der Waals surface area (Å²) in [6.45, 7) is 2.07. The van der Waals surface area contributed by atoms with Gasteiger partial charge in [-0.3, -0.25) is 14.9 Å². The standard InChI is InChI=1S/C25H20N2O2S2/c1-2-30-20-15-9-14-19(16-20)24(29)27-25-26-21(17-10-5-3-6-11-17)23(31-25)22(28)18-12-7-4-8-13-18/h3-16H,2H2,1H3,(H,26,27,29). The molecule has 0 aliphatic carbocycles. The summed E-state index contributed by atoms with van der Waals surface area (Å²) in [5, 5.41) is 3.27. The molecule has 0 spiro atoms. The van der Waals surface area contributed by atoms with Crippen molar-refractivity contribution in [2.24, 2.45) is 0 Å². The number of hydrogen-bond donors (Lipinski definition) is 1. The van der Waals surface area contributed by atoms with E-state index in [0.29, 0.717) is 26.8 Å². The lowest BCUT2D eigenvalue weighted by atomic mass is 10.1. The number of anilines is 1. The van der Waals surface area contributed by atoms with Crippen molar-refractivity contribution in [1.82, 2.24) is 4.98 Å². The summed E-state index contributed by atoms with van der Waals surface area (Å²) >= 11 is 2.88. The van der Waals surface area contributed by atoms with Crippen LogP contribution in [-0.2, 0) is 0 Å². The zero-order chi connectivity index (χ0) is 21.6. The van der Waals surface area contributed by atoms with Crippen LogP contribution in [0, 0.1) is 0 Å². The number of carbonyl (C=O) groups excluding carboxylic acids is 2. The van der Waals surface area contributed by atoms with Gasteiger partial charge in [-0.1, -0.05) is 85.0 Å². The number of thiazole rings is 1. The molecule has 31 heavy (non-hydrogen) atoms. The third-order valence-corrected chi connectivity index (χ3v) is 6.39. The van der Waals surface area contributed by atoms with Crippen LogP contribution in [0.25, 0.3) is 11.3 Å². The highest BCUT2D eigenvalue weighted by molar-refractivity contribution is 7.99. The zero-order valence-electron chi connectivity index (χ0n) is 16.9. The summed E-state index contributed by atoms with van der Waals surface area (Å²) in [6.07, 6.45) is 0. The molecule has 4 nitrogen and oxygen atoms in total. The van der Waals surface area contributed by atoms with E-state index in [-0.39, 0.29) is 11.7 Å². The first kappa shape index (κ1) is 21.0. The Labute approximate surface area is 189 Å². The monoisotopic (exact) mass is 444 g/mol. The minimum atomic E-state index is -0.245. The molecule has 0 bridgehead atoms. The molecule has 0 atom stereocenters. The zero-order valence-corrected chi connectivity index (χ0v) is 18.5. The van der Waals surface area contributed by atoms with Gasteiger partial charge in [-0.05, 0) is 24.0 Å². The van der Waals surface area contributed by atoms with Crippen LogP contribution in [0.1, 0.15) is 32.5 Å². The smallest absolute Gasteiger partial charge is 0.257 e. The fourth-order valence-corrected chi connectivity index (χ4v) is 4.77. The number of amides is 1. The number of ketones is 1. The molecule has 4 rings (SSSR count). The summed E-state index contributed by atoms with van der Waals surface area (Å²) in [6, 6.07) is 26.1. The van der Waals surface area contributed by atoms with Gasteiger partial charge in [0.15, 0.2) is 5.13 Å². The third-order valence-electron chi connectivity index (χ3n) is 4.54. The Kier molecular flexibility index (Phi) is 6.60. The van der Waals surface area contributed by atoms with Gasteiger partial charge in [0.05, 0.1) is 5.69 Å². The van der Waals surface area contributed by atoms with Crippen molar-refractivity contribution in [3.05, 3.63) is 101 Å². The van der Waals surface area contributed by atoms with E-state index < -0.39 is 0 Å². The van der Waals surface area contributed by atoms with E-state index in [1.165, 1.54) is 11.3 Å². The summed E-state index contributed by atoms with van der Waals surface area (Å²) in [4.78, 5) is 32.2. The van der Waals surface area contributed by atoms with Gasteiger partial charge in [0, 0.05) is 21.6 Å². The summed E-state index contributed by atoms with van der Waals surface area (Å²) < 4.78 is 0. The van der Waals surface area contributed by atoms with Crippen LogP contribution in [0.4, 0.5) is 5.13 Å². The molecule has 154 valence electrons. The predicted octanol–water partition coefficient (Wildman–Crippen LogP) is 6.41. The van der Waals surface area contributed by atoms with Crippen molar-refractivity contribution in [2.75, 3.05) is 11.1 Å². The molecule has 0 aliphatic heterocycles. The van der Waals surface area contributed by atoms with Crippen LogP contribution in [-0.4, -0.2) is 22.4 Å². The lowest BCUT2D eigenvalue weighted by molar-refractivity contribution is 0.102. The van der Waals surface area contributed by atoms with E-state index in [1.54, 1.807) is 30.0 Å². The second-order valence-corrected chi connectivity index (χ2v) is 9.01. The molecule has 3 aromatic carbocycles. The number of rotatable bonds is 7. The van der Waals surface area contributed by atoms with Crippen LogP contribution >= 0.6 is 23.1 Å². The summed E-state index contributed by atoms with van der Waals surface area (Å²) in [7, 11) is 0. The van der Waals surface area contributed by atoms with Crippen molar-refractivity contribution >= 4 is 39.9 Å². The number of thioether (sulfide) groups is 1. The maximum Gasteiger partial charge on any atom is 0.257 e. The van der Waals surface area contributed by atoms with Gasteiger partial charge in [0.25, 0.3) is 5.91 Å². The first-order chi connectivity index (χ1) is 15.2. The van der Waals surface area contributed by atoms with Crippen molar-refractivity contribution in [3.8, 4) is 11.3 Å². The van der Waals surface area contributed by atoms with Gasteiger partial charge in [0.2, 0.25) is 5.78 Å². The molecule has 0 saturated carbocycles. The van der Waals surface area contributed by atoms with Gasteiger partial charge in [0.1, 0.15) is 4.88 Å². The SMILES string of the molecule is CCSc1cccc(C(=O)Nc2nc(-c3ccccc3)c(C(=O)c3ccccc3)s2)c1. The molecular formula is C25H20N2O2S2. The molecule has 1 amide bonds. The molecule has 0 fully saturated rings. The molecule has 0 unspecified atom stereocenters. The normalized spacial score (nSPS) is 10.6. The number of hydrogen-bond acceptors (Lipinski definition) is 5. The average Bonchev–Trinajstić information content (AvgIpc) is 3.24. The molecule has 6 heteroatoms. The van der Waals surface area contributed by atoms with E-state index in [1.807, 2.05) is 66.7 Å². The Hall–Kier alpha value is -3.22. The molecule has 1 aromatic heterocycles. The minimum Gasteiger partial charge on any atom is -0.298 e. The van der Waals surface area contributed by atoms with Crippen LogP contribution in [0.15, 0.2) is 89.8 Å². The highest BCUT2D eigenvalue weighted by Gasteiger charge is 2.22. The summed E-state index contributed by atoms with van der Waals surface area (Å²) in [5.41, 5.74) is 2.56. The molecule has 4 aromatic rings. The number of benzene rings is 3. The minimum absolute atomic E-state index is 0.112. The van der Waals surface area contributed by atoms with E-state index in [0.717, 1.165) is 16.2 Å². The fraction of sp³-hybridized carbons (Fsp3) is 0.0800. The third kappa shape index (κ3) is 4.93. The second kappa shape index (κ2) is 9.73. The molecule has 0 saturated heterocycles. The highest BCUT2D eigenvalue weighted by Crippen LogP contribution is 2.33. The first-order valence-electron chi connectivity index (χ1n) is 9.86. The number of nitrogens with one attached hydrogen (secondary N) is 1. The first-order valence-corrected chi connectivity index (χ1v) is 11.7. The molecular weight excluding hydrogens is 424 g/mol. The highest BCUT2D eigenvalue weighted by atomic mass is 32.2. The Morgan fingerprint density at radius 1 is 0.903 bits per heavy atom. The molecule has 1 N–H and O–H groups in total. The Balaban J connectivity index is 1.67. The largest absolute Gasteiger partial charge is 0.298 e. The number of carbonyl (C=O) groups is 2. The van der Waals surface area contributed by atoms with Crippen molar-refractivity contribution in [2.45, 2.75) is 11.8 Å². The Bertz CT molecular complexity index is 1200. The van der Waals surface area contributed by atoms with Crippen molar-refractivity contribution in [1.29, 1.82) is 0 Å². The van der Waals surface area contributed by atoms with Crippen LogP contribution in [0.5, 0.6) is 0 Å². The molecule has 1 heterocycles. The van der Waals surface area contributed by atoms with Gasteiger partial charge in [-0.25, -0.2) is 4.98 Å². The van der Waals surface area contributed by atoms with Gasteiger partial charge < -0.3 is 0 Å². The van der Waals surface area contributed by atoms with Crippen LogP contribution < -0.4 is 5.32 Å². The fourth-order valence-electron chi connectivity index (χ4n) is 3.10. The Morgan fingerprint density at radius 3 is 2.29 bits per heavy atom. The maximum atomic E-state index is 13.2. The van der Waals surface area contributed by atoms with Crippen LogP contribution in [0.2, 0.25) is 0 Å². The van der Waals surface area contributed by atoms with E-state index in [2.05, 4.69) is 17.2 Å². The van der Waals surface area contributed by atoms with Gasteiger partial charge in [-0.2, -0.15) is 0 Å². The molecule has 0 aliphatic rings. The quantitative estimate of drug-likeness (QED) is 0.264. The van der Waals surface area contributed by atoms with Crippen molar-refractivity contribution in [3.63, 3.8) is 0 Å².